The number of alkyl halides is 3. The molecule has 2 amide bonds. The van der Waals surface area contributed by atoms with Crippen LogP contribution in [0.4, 0.5) is 27.6 Å². The van der Waals surface area contributed by atoms with Crippen LogP contribution in [0.1, 0.15) is 29.8 Å². The molecule has 0 unspecified atom stereocenters. The van der Waals surface area contributed by atoms with Crippen LogP contribution in [0.2, 0.25) is 0 Å². The van der Waals surface area contributed by atoms with Gasteiger partial charge in [-0.05, 0) is 42.3 Å². The molecule has 0 saturated carbocycles. The second-order valence-corrected chi connectivity index (χ2v) is 6.36. The fourth-order valence-corrected chi connectivity index (χ4v) is 2.43. The molecule has 0 bridgehead atoms. The number of benzene rings is 2. The van der Waals surface area contributed by atoms with E-state index in [1.165, 1.54) is 0 Å². The van der Waals surface area contributed by atoms with Gasteiger partial charge in [0.2, 0.25) is 5.91 Å². The van der Waals surface area contributed by atoms with E-state index in [1.807, 2.05) is 0 Å². The predicted octanol–water partition coefficient (Wildman–Crippen LogP) is 4.38. The maximum Gasteiger partial charge on any atom is 0.416 e. The smallest absolute Gasteiger partial charge is 0.340 e. The summed E-state index contributed by atoms with van der Waals surface area (Å²) in [5.41, 5.74) is -1.63. The average Bonchev–Trinajstić information content (AvgIpc) is 2.58. The topological polar surface area (TPSA) is 58.2 Å². The second-order valence-electron chi connectivity index (χ2n) is 6.36. The summed E-state index contributed by atoms with van der Waals surface area (Å²) >= 11 is 0. The zero-order valence-corrected chi connectivity index (χ0v) is 14.9. The zero-order valence-electron chi connectivity index (χ0n) is 14.9. The minimum Gasteiger partial charge on any atom is -0.340 e. The van der Waals surface area contributed by atoms with Crippen molar-refractivity contribution in [2.24, 2.45) is 5.92 Å². The van der Waals surface area contributed by atoms with Crippen molar-refractivity contribution >= 4 is 17.5 Å². The number of halogens is 5. The number of hydrogen-bond donors (Lipinski definition) is 2. The highest BCUT2D eigenvalue weighted by Gasteiger charge is 2.30. The molecule has 0 heterocycles. The molecule has 0 spiro atoms. The predicted molar refractivity (Wildman–Crippen MR) is 92.5 cm³/mol. The van der Waals surface area contributed by atoms with Crippen molar-refractivity contribution in [3.63, 3.8) is 0 Å². The molecule has 2 aromatic carbocycles. The summed E-state index contributed by atoms with van der Waals surface area (Å²) in [5, 5.41) is 4.64. The number of hydrogen-bond acceptors (Lipinski definition) is 2. The van der Waals surface area contributed by atoms with E-state index in [0.29, 0.717) is 0 Å². The molecule has 9 heteroatoms. The van der Waals surface area contributed by atoms with Gasteiger partial charge in [0.1, 0.15) is 23.2 Å². The summed E-state index contributed by atoms with van der Waals surface area (Å²) in [6.07, 6.45) is -4.51. The Hall–Kier alpha value is -2.97. The lowest BCUT2D eigenvalue weighted by molar-refractivity contribution is -0.137. The van der Waals surface area contributed by atoms with Crippen molar-refractivity contribution < 1.29 is 31.5 Å². The van der Waals surface area contributed by atoms with Crippen LogP contribution in [0.3, 0.4) is 0 Å². The molecule has 0 aliphatic rings. The van der Waals surface area contributed by atoms with Gasteiger partial charge in [-0.2, -0.15) is 13.2 Å². The number of anilines is 1. The summed E-state index contributed by atoms with van der Waals surface area (Å²) in [7, 11) is 0. The highest BCUT2D eigenvalue weighted by atomic mass is 19.4. The van der Waals surface area contributed by atoms with Gasteiger partial charge in [0, 0.05) is 5.69 Å². The minimum absolute atomic E-state index is 0.0787. The molecule has 0 aromatic heterocycles. The molecule has 4 nitrogen and oxygen atoms in total. The SMILES string of the molecule is CC(C)[C@H](NC(=O)c1c(F)cccc1F)C(=O)Nc1ccc(C(F)(F)F)cc1. The molecule has 150 valence electrons. The quantitative estimate of drug-likeness (QED) is 0.732. The molecule has 2 rings (SSSR count). The lowest BCUT2D eigenvalue weighted by Crippen LogP contribution is -2.47. The zero-order chi connectivity index (χ0) is 21.1. The summed E-state index contributed by atoms with van der Waals surface area (Å²) < 4.78 is 65.3. The summed E-state index contributed by atoms with van der Waals surface area (Å²) in [4.78, 5) is 24.7. The Kier molecular flexibility index (Phi) is 6.37. The third-order valence-electron chi connectivity index (χ3n) is 3.91. The van der Waals surface area contributed by atoms with E-state index in [2.05, 4.69) is 10.6 Å². The highest BCUT2D eigenvalue weighted by molar-refractivity contribution is 6.01. The van der Waals surface area contributed by atoms with E-state index in [0.717, 1.165) is 42.5 Å². The fourth-order valence-electron chi connectivity index (χ4n) is 2.43. The van der Waals surface area contributed by atoms with Gasteiger partial charge in [0.05, 0.1) is 5.56 Å². The molecule has 2 aromatic rings. The van der Waals surface area contributed by atoms with Crippen molar-refractivity contribution in [1.82, 2.24) is 5.32 Å². The average molecular weight is 400 g/mol. The van der Waals surface area contributed by atoms with Gasteiger partial charge in [0.15, 0.2) is 0 Å². The number of amides is 2. The van der Waals surface area contributed by atoms with Crippen LogP contribution in [0, 0.1) is 17.6 Å². The number of carbonyl (C=O) groups is 2. The lowest BCUT2D eigenvalue weighted by atomic mass is 10.0. The van der Waals surface area contributed by atoms with E-state index in [-0.39, 0.29) is 5.69 Å². The first-order valence-electron chi connectivity index (χ1n) is 8.23. The van der Waals surface area contributed by atoms with Crippen LogP contribution in [0.25, 0.3) is 0 Å². The van der Waals surface area contributed by atoms with Crippen molar-refractivity contribution in [3.05, 3.63) is 65.2 Å². The Morgan fingerprint density at radius 3 is 1.93 bits per heavy atom. The molecule has 0 aliphatic carbocycles. The van der Waals surface area contributed by atoms with Crippen molar-refractivity contribution in [3.8, 4) is 0 Å². The van der Waals surface area contributed by atoms with E-state index in [9.17, 15) is 31.5 Å². The van der Waals surface area contributed by atoms with Gasteiger partial charge in [-0.3, -0.25) is 9.59 Å². The van der Waals surface area contributed by atoms with Crippen LogP contribution in [0.5, 0.6) is 0 Å². The lowest BCUT2D eigenvalue weighted by Gasteiger charge is -2.22. The summed E-state index contributed by atoms with van der Waals surface area (Å²) in [5.74, 6) is -4.48. The van der Waals surface area contributed by atoms with E-state index >= 15 is 0 Å². The van der Waals surface area contributed by atoms with E-state index in [4.69, 9.17) is 0 Å². The van der Waals surface area contributed by atoms with Crippen molar-refractivity contribution in [1.29, 1.82) is 0 Å². The first kappa shape index (κ1) is 21.3. The van der Waals surface area contributed by atoms with E-state index in [1.54, 1.807) is 13.8 Å². The van der Waals surface area contributed by atoms with Gasteiger partial charge in [-0.25, -0.2) is 8.78 Å². The number of nitrogens with one attached hydrogen (secondary N) is 2. The van der Waals surface area contributed by atoms with Crippen molar-refractivity contribution in [2.45, 2.75) is 26.1 Å². The molecule has 28 heavy (non-hydrogen) atoms. The second kappa shape index (κ2) is 8.37. The van der Waals surface area contributed by atoms with Gasteiger partial charge < -0.3 is 10.6 Å². The van der Waals surface area contributed by atoms with E-state index < -0.39 is 52.7 Å². The largest absolute Gasteiger partial charge is 0.416 e. The fraction of sp³-hybridized carbons (Fsp3) is 0.263. The van der Waals surface area contributed by atoms with Crippen LogP contribution in [0.15, 0.2) is 42.5 Å². The van der Waals surface area contributed by atoms with Gasteiger partial charge in [-0.15, -0.1) is 0 Å². The molecule has 2 N–H and O–H groups in total. The van der Waals surface area contributed by atoms with Crippen LogP contribution < -0.4 is 10.6 Å². The molecular formula is C19H17F5N2O2. The van der Waals surface area contributed by atoms with Crippen LogP contribution in [-0.2, 0) is 11.0 Å². The summed E-state index contributed by atoms with van der Waals surface area (Å²) in [6, 6.07) is 5.47. The number of rotatable bonds is 5. The van der Waals surface area contributed by atoms with Crippen LogP contribution in [-0.4, -0.2) is 17.9 Å². The van der Waals surface area contributed by atoms with Crippen molar-refractivity contribution in [2.75, 3.05) is 5.32 Å². The first-order valence-corrected chi connectivity index (χ1v) is 8.23. The Balaban J connectivity index is 2.15. The Labute approximate surface area is 157 Å². The Morgan fingerprint density at radius 1 is 0.929 bits per heavy atom. The van der Waals surface area contributed by atoms with Crippen LogP contribution >= 0.6 is 0 Å². The molecule has 0 fully saturated rings. The third-order valence-corrected chi connectivity index (χ3v) is 3.91. The van der Waals surface area contributed by atoms with Gasteiger partial charge >= 0.3 is 6.18 Å². The molecular weight excluding hydrogens is 383 g/mol. The molecule has 0 aliphatic heterocycles. The first-order chi connectivity index (χ1) is 13.0. The molecule has 0 radical (unpaired) electrons. The Morgan fingerprint density at radius 2 is 1.46 bits per heavy atom. The minimum atomic E-state index is -4.51. The highest BCUT2D eigenvalue weighted by Crippen LogP contribution is 2.29. The maximum absolute atomic E-state index is 13.7. The number of carbonyl (C=O) groups excluding carboxylic acids is 2. The standard InChI is InChI=1S/C19H17F5N2O2/c1-10(2)16(26-17(27)15-13(20)4-3-5-14(15)21)18(28)25-12-8-6-11(7-9-12)19(22,23)24/h3-10,16H,1-2H3,(H,25,28)(H,26,27)/t16-/m0/s1. The monoisotopic (exact) mass is 400 g/mol. The third kappa shape index (κ3) is 5.05. The molecule has 0 saturated heterocycles. The maximum atomic E-state index is 13.7. The van der Waals surface area contributed by atoms with Gasteiger partial charge in [-0.1, -0.05) is 19.9 Å². The van der Waals surface area contributed by atoms with Gasteiger partial charge in [0.25, 0.3) is 5.91 Å². The normalized spacial score (nSPS) is 12.6. The Bertz CT molecular complexity index is 843. The molecule has 1 atom stereocenters. The summed E-state index contributed by atoms with van der Waals surface area (Å²) in [6.45, 7) is 3.18.